The third-order valence-electron chi connectivity index (χ3n) is 8.06. The first-order valence-corrected chi connectivity index (χ1v) is 15.7. The summed E-state index contributed by atoms with van der Waals surface area (Å²) in [5, 5.41) is 15.4. The minimum absolute atomic E-state index is 0.320. The van der Waals surface area contributed by atoms with Crippen LogP contribution in [0.1, 0.15) is 73.4 Å². The Kier molecular flexibility index (Phi) is 12.8. The molecule has 7 heteroatoms. The van der Waals surface area contributed by atoms with Crippen molar-refractivity contribution in [1.29, 1.82) is 0 Å². The first-order valence-electron chi connectivity index (χ1n) is 14.5. The number of carboxylic acid groups (broad SMARTS) is 1. The molecule has 3 rings (SSSR count). The average Bonchev–Trinajstić information content (AvgIpc) is 2.95. The summed E-state index contributed by atoms with van der Waals surface area (Å²) in [6.45, 7) is 4.79. The van der Waals surface area contributed by atoms with Gasteiger partial charge < -0.3 is 15.7 Å². The van der Waals surface area contributed by atoms with E-state index in [1.54, 1.807) is 7.05 Å². The van der Waals surface area contributed by atoms with Crippen molar-refractivity contribution < 1.29 is 14.7 Å². The van der Waals surface area contributed by atoms with Crippen LogP contribution in [-0.2, 0) is 11.2 Å². The van der Waals surface area contributed by atoms with Crippen LogP contribution in [0.5, 0.6) is 0 Å². The largest absolute Gasteiger partial charge is 0.480 e. The number of carbonyl (C=O) groups is 2. The molecular weight excluding hydrogens is 506 g/mol. The third-order valence-corrected chi connectivity index (χ3v) is 9.09. The number of nitrogens with one attached hydrogen (secondary N) is 2. The molecule has 2 aromatic rings. The van der Waals surface area contributed by atoms with Gasteiger partial charge in [-0.2, -0.15) is 11.8 Å². The molecule has 0 radical (unpaired) electrons. The van der Waals surface area contributed by atoms with E-state index < -0.39 is 12.0 Å². The number of aliphatic carboxylic acids is 1. The predicted octanol–water partition coefficient (Wildman–Crippen LogP) is 5.77. The van der Waals surface area contributed by atoms with Gasteiger partial charge in [-0.1, -0.05) is 62.6 Å². The Bertz CT molecular complexity index is 1070. The summed E-state index contributed by atoms with van der Waals surface area (Å²) in [6.07, 6.45) is 8.97. The van der Waals surface area contributed by atoms with Crippen LogP contribution in [0.4, 0.5) is 0 Å². The van der Waals surface area contributed by atoms with Gasteiger partial charge in [0.25, 0.3) is 5.91 Å². The van der Waals surface area contributed by atoms with E-state index in [1.807, 2.05) is 55.1 Å². The Morgan fingerprint density at radius 1 is 1.08 bits per heavy atom. The molecule has 0 aliphatic heterocycles. The van der Waals surface area contributed by atoms with Crippen molar-refractivity contribution in [2.75, 3.05) is 32.1 Å². The molecule has 0 bridgehead atoms. The predicted molar refractivity (Wildman–Crippen MR) is 164 cm³/mol. The first kappa shape index (κ1) is 31.2. The number of hydrogen-bond acceptors (Lipinski definition) is 5. The van der Waals surface area contributed by atoms with Crippen molar-refractivity contribution in [1.82, 2.24) is 15.5 Å². The monoisotopic (exact) mass is 553 g/mol. The van der Waals surface area contributed by atoms with Gasteiger partial charge in [-0.05, 0) is 93.7 Å². The quantitative estimate of drug-likeness (QED) is 0.260. The maximum Gasteiger partial charge on any atom is 0.326 e. The highest BCUT2D eigenvalue weighted by atomic mass is 32.2. The van der Waals surface area contributed by atoms with Crippen LogP contribution in [0.2, 0.25) is 0 Å². The highest BCUT2D eigenvalue weighted by Gasteiger charge is 2.25. The Balaban J connectivity index is 1.85. The minimum Gasteiger partial charge on any atom is -0.480 e. The summed E-state index contributed by atoms with van der Waals surface area (Å²) >= 11 is 2.02. The van der Waals surface area contributed by atoms with Crippen LogP contribution in [0, 0.1) is 6.92 Å². The van der Waals surface area contributed by atoms with E-state index in [0.29, 0.717) is 30.6 Å². The van der Waals surface area contributed by atoms with Crippen molar-refractivity contribution in [2.24, 2.45) is 0 Å². The van der Waals surface area contributed by atoms with E-state index in [4.69, 9.17) is 0 Å². The molecule has 3 N–H and O–H groups in total. The highest BCUT2D eigenvalue weighted by molar-refractivity contribution is 7.99. The molecule has 1 aliphatic rings. The lowest BCUT2D eigenvalue weighted by Gasteiger charge is -2.37. The van der Waals surface area contributed by atoms with E-state index in [-0.39, 0.29) is 5.91 Å². The minimum atomic E-state index is -1.02. The Morgan fingerprint density at radius 2 is 1.82 bits per heavy atom. The molecule has 2 aromatic carbocycles. The average molecular weight is 554 g/mol. The molecule has 0 spiro atoms. The van der Waals surface area contributed by atoms with Crippen molar-refractivity contribution in [2.45, 2.75) is 83.3 Å². The molecule has 0 aromatic heterocycles. The lowest BCUT2D eigenvalue weighted by Crippen LogP contribution is -2.43. The molecule has 214 valence electrons. The molecule has 2 atom stereocenters. The molecule has 1 amide bonds. The van der Waals surface area contributed by atoms with Crippen molar-refractivity contribution >= 4 is 23.6 Å². The molecule has 6 nitrogen and oxygen atoms in total. The molecule has 1 saturated carbocycles. The maximum atomic E-state index is 13.4. The van der Waals surface area contributed by atoms with Gasteiger partial charge in [0.1, 0.15) is 6.04 Å². The fourth-order valence-electron chi connectivity index (χ4n) is 5.60. The SMILES string of the molecule is CCSCC(CCc1ccc(C(=O)NC(CCNC)C(=O)O)c(-c2ccccc2C)c1)N(C)C1CCCCC1. The molecule has 1 fully saturated rings. The van der Waals surface area contributed by atoms with Crippen LogP contribution in [0.3, 0.4) is 0 Å². The standard InChI is InChI=1S/C32H47N3O3S/c1-5-39-22-26(35(4)25-12-7-6-8-13-25)17-15-24-16-18-28(29(21-24)27-14-10-9-11-23(27)2)31(36)34-30(32(37)38)19-20-33-3/h9-11,14,16,18,21,25-26,30,33H,5-8,12-13,15,17,19-20,22H2,1-4H3,(H,34,36)(H,37,38). The number of carbonyl (C=O) groups excluding carboxylic acids is 1. The lowest BCUT2D eigenvalue weighted by molar-refractivity contribution is -0.139. The second-order valence-electron chi connectivity index (χ2n) is 10.8. The van der Waals surface area contributed by atoms with E-state index in [0.717, 1.165) is 41.0 Å². The summed E-state index contributed by atoms with van der Waals surface area (Å²) in [6, 6.07) is 14.4. The van der Waals surface area contributed by atoms with Gasteiger partial charge in [0.05, 0.1) is 0 Å². The Hall–Kier alpha value is -2.35. The zero-order chi connectivity index (χ0) is 28.2. The van der Waals surface area contributed by atoms with E-state index in [9.17, 15) is 14.7 Å². The van der Waals surface area contributed by atoms with Gasteiger partial charge >= 0.3 is 5.97 Å². The zero-order valence-electron chi connectivity index (χ0n) is 24.2. The van der Waals surface area contributed by atoms with Crippen LogP contribution < -0.4 is 10.6 Å². The summed E-state index contributed by atoms with van der Waals surface area (Å²) in [7, 11) is 4.09. The van der Waals surface area contributed by atoms with Gasteiger partial charge in [0.15, 0.2) is 0 Å². The van der Waals surface area contributed by atoms with Crippen LogP contribution >= 0.6 is 11.8 Å². The first-order chi connectivity index (χ1) is 18.8. The number of nitrogens with zero attached hydrogens (tertiary/aromatic N) is 1. The van der Waals surface area contributed by atoms with Gasteiger partial charge in [0, 0.05) is 23.4 Å². The number of thioether (sulfide) groups is 1. The lowest BCUT2D eigenvalue weighted by atomic mass is 9.91. The second kappa shape index (κ2) is 16.0. The molecule has 0 saturated heterocycles. The Morgan fingerprint density at radius 3 is 2.49 bits per heavy atom. The van der Waals surface area contributed by atoms with Crippen LogP contribution in [0.15, 0.2) is 42.5 Å². The zero-order valence-corrected chi connectivity index (χ0v) is 25.0. The summed E-state index contributed by atoms with van der Waals surface area (Å²) in [4.78, 5) is 27.8. The number of benzene rings is 2. The topological polar surface area (TPSA) is 81.7 Å². The molecule has 1 aliphatic carbocycles. The third kappa shape index (κ3) is 9.09. The molecule has 2 unspecified atom stereocenters. The Labute approximate surface area is 239 Å². The van der Waals surface area contributed by atoms with E-state index in [1.165, 1.54) is 37.7 Å². The van der Waals surface area contributed by atoms with Crippen LogP contribution in [-0.4, -0.2) is 72.2 Å². The summed E-state index contributed by atoms with van der Waals surface area (Å²) in [5.41, 5.74) is 4.67. The summed E-state index contributed by atoms with van der Waals surface area (Å²) in [5.74, 6) is 0.892. The molecule has 39 heavy (non-hydrogen) atoms. The van der Waals surface area contributed by atoms with Gasteiger partial charge in [-0.25, -0.2) is 4.79 Å². The van der Waals surface area contributed by atoms with Crippen molar-refractivity contribution in [3.63, 3.8) is 0 Å². The second-order valence-corrected chi connectivity index (χ2v) is 12.1. The van der Waals surface area contributed by atoms with Gasteiger partial charge in [-0.3, -0.25) is 9.69 Å². The number of carboxylic acids is 1. The normalized spacial score (nSPS) is 15.7. The fourth-order valence-corrected chi connectivity index (χ4v) is 6.51. The van der Waals surface area contributed by atoms with E-state index >= 15 is 0 Å². The highest BCUT2D eigenvalue weighted by Crippen LogP contribution is 2.30. The fraction of sp³-hybridized carbons (Fsp3) is 0.562. The maximum absolute atomic E-state index is 13.4. The number of rotatable bonds is 15. The van der Waals surface area contributed by atoms with Crippen molar-refractivity contribution in [3.05, 3.63) is 59.2 Å². The molecular formula is C32H47N3O3S. The summed E-state index contributed by atoms with van der Waals surface area (Å²) < 4.78 is 0. The number of amides is 1. The van der Waals surface area contributed by atoms with E-state index in [2.05, 4.69) is 35.6 Å². The van der Waals surface area contributed by atoms with Crippen LogP contribution in [0.25, 0.3) is 11.1 Å². The number of hydrogen-bond donors (Lipinski definition) is 3. The molecule has 0 heterocycles. The van der Waals surface area contributed by atoms with Gasteiger partial charge in [0.2, 0.25) is 0 Å². The van der Waals surface area contributed by atoms with Gasteiger partial charge in [-0.15, -0.1) is 0 Å². The smallest absolute Gasteiger partial charge is 0.326 e. The number of aryl methyl sites for hydroxylation is 2. The van der Waals surface area contributed by atoms with Crippen molar-refractivity contribution in [3.8, 4) is 11.1 Å².